The molecule has 0 radical (unpaired) electrons. The van der Waals surface area contributed by atoms with E-state index >= 15 is 0 Å². The summed E-state index contributed by atoms with van der Waals surface area (Å²) in [6.45, 7) is 16.2. The number of rotatable bonds is 2. The van der Waals surface area contributed by atoms with Gasteiger partial charge in [0.1, 0.15) is 0 Å². The summed E-state index contributed by atoms with van der Waals surface area (Å²) in [6, 6.07) is 18.9. The third-order valence-corrected chi connectivity index (χ3v) is 4.44. The summed E-state index contributed by atoms with van der Waals surface area (Å²) in [5, 5.41) is 0. The molecule has 1 aromatic heterocycles. The molecule has 0 fully saturated rings. The van der Waals surface area contributed by atoms with Gasteiger partial charge in [0.2, 0.25) is 0 Å². The Hall–Kier alpha value is -2.87. The lowest BCUT2D eigenvalue weighted by molar-refractivity contribution is 1.13. The van der Waals surface area contributed by atoms with Crippen LogP contribution in [-0.2, 0) is 6.42 Å². The van der Waals surface area contributed by atoms with Crippen molar-refractivity contribution in [3.63, 3.8) is 0 Å². The van der Waals surface area contributed by atoms with E-state index in [0.29, 0.717) is 5.70 Å². The SMILES string of the molecule is C=C(N)c1ccc(C)nc1.CCc1cccc(C)c1.Cc1ccc(C)c(C)c1. The maximum atomic E-state index is 5.43. The van der Waals surface area contributed by atoms with Crippen molar-refractivity contribution in [1.29, 1.82) is 0 Å². The van der Waals surface area contributed by atoms with E-state index < -0.39 is 0 Å². The Labute approximate surface area is 171 Å². The van der Waals surface area contributed by atoms with Gasteiger partial charge in [0.25, 0.3) is 0 Å². The molecular formula is C26H34N2. The van der Waals surface area contributed by atoms with E-state index in [1.165, 1.54) is 27.8 Å². The zero-order valence-corrected chi connectivity index (χ0v) is 18.2. The standard InChI is InChI=1S/2C9H12.C8H10N2/c1-7-4-5-8(2)9(3)6-7;1-3-9-6-4-5-8(2)7-9;1-6-3-4-8(5-10-6)7(2)9/h4-6H,1-3H3;4-7H,3H2,1-2H3;3-5H,2,9H2,1H3. The number of nitrogens with two attached hydrogens (primary N) is 1. The van der Waals surface area contributed by atoms with Gasteiger partial charge in [-0.25, -0.2) is 0 Å². The second kappa shape index (κ2) is 11.8. The molecule has 0 aliphatic rings. The number of hydrogen-bond donors (Lipinski definition) is 1. The van der Waals surface area contributed by atoms with Crippen LogP contribution in [-0.4, -0.2) is 4.98 Å². The van der Waals surface area contributed by atoms with Crippen molar-refractivity contribution >= 4 is 5.70 Å². The quantitative estimate of drug-likeness (QED) is 0.557. The molecule has 0 saturated heterocycles. The summed E-state index contributed by atoms with van der Waals surface area (Å²) in [7, 11) is 0. The molecular weight excluding hydrogens is 340 g/mol. The Morgan fingerprint density at radius 2 is 1.54 bits per heavy atom. The first-order valence-corrected chi connectivity index (χ1v) is 9.69. The molecule has 0 aliphatic heterocycles. The average molecular weight is 375 g/mol. The average Bonchev–Trinajstić information content (AvgIpc) is 2.66. The first kappa shape index (κ1) is 23.2. The Kier molecular flexibility index (Phi) is 9.73. The lowest BCUT2D eigenvalue weighted by Gasteiger charge is -1.98. The lowest BCUT2D eigenvalue weighted by atomic mass is 10.1. The molecule has 2 aromatic carbocycles. The highest BCUT2D eigenvalue weighted by Gasteiger charge is 1.91. The monoisotopic (exact) mass is 374 g/mol. The molecule has 0 unspecified atom stereocenters. The van der Waals surface area contributed by atoms with Gasteiger partial charge in [0, 0.05) is 23.2 Å². The van der Waals surface area contributed by atoms with Crippen LogP contribution in [0, 0.1) is 34.6 Å². The topological polar surface area (TPSA) is 38.9 Å². The second-order valence-electron chi connectivity index (χ2n) is 7.14. The van der Waals surface area contributed by atoms with Gasteiger partial charge in [0.05, 0.1) is 0 Å². The molecule has 148 valence electrons. The molecule has 2 heteroatoms. The van der Waals surface area contributed by atoms with E-state index in [0.717, 1.165) is 17.7 Å². The highest BCUT2D eigenvalue weighted by Crippen LogP contribution is 2.07. The number of nitrogens with zero attached hydrogens (tertiary/aromatic N) is 1. The Morgan fingerprint density at radius 1 is 0.857 bits per heavy atom. The maximum Gasteiger partial charge on any atom is 0.0373 e. The summed E-state index contributed by atoms with van der Waals surface area (Å²) in [5.74, 6) is 0. The van der Waals surface area contributed by atoms with Crippen molar-refractivity contribution in [2.24, 2.45) is 5.73 Å². The molecule has 2 N–H and O–H groups in total. The third kappa shape index (κ3) is 8.68. The van der Waals surface area contributed by atoms with Gasteiger partial charge in [0.15, 0.2) is 0 Å². The second-order valence-corrected chi connectivity index (χ2v) is 7.14. The first-order valence-electron chi connectivity index (χ1n) is 9.69. The molecule has 0 saturated carbocycles. The van der Waals surface area contributed by atoms with Crippen LogP contribution in [0.2, 0.25) is 0 Å². The van der Waals surface area contributed by atoms with Gasteiger partial charge < -0.3 is 5.73 Å². The minimum atomic E-state index is 0.563. The fraction of sp³-hybridized carbons (Fsp3) is 0.269. The largest absolute Gasteiger partial charge is 0.399 e. The molecule has 3 rings (SSSR count). The van der Waals surface area contributed by atoms with E-state index in [9.17, 15) is 0 Å². The molecule has 2 nitrogen and oxygen atoms in total. The van der Waals surface area contributed by atoms with Crippen molar-refractivity contribution in [2.45, 2.75) is 48.0 Å². The predicted octanol–water partition coefficient (Wildman–Crippen LogP) is 6.49. The molecule has 0 atom stereocenters. The van der Waals surface area contributed by atoms with Gasteiger partial charge in [-0.2, -0.15) is 0 Å². The Morgan fingerprint density at radius 3 is 1.96 bits per heavy atom. The molecule has 0 spiro atoms. The zero-order chi connectivity index (χ0) is 21.1. The van der Waals surface area contributed by atoms with Gasteiger partial charge in [-0.15, -0.1) is 0 Å². The van der Waals surface area contributed by atoms with E-state index in [4.69, 9.17) is 5.73 Å². The summed E-state index contributed by atoms with van der Waals surface area (Å²) in [5.41, 5.74) is 14.8. The minimum Gasteiger partial charge on any atom is -0.399 e. The number of aryl methyl sites for hydroxylation is 6. The zero-order valence-electron chi connectivity index (χ0n) is 18.2. The van der Waals surface area contributed by atoms with E-state index in [2.05, 4.69) is 88.6 Å². The summed E-state index contributed by atoms with van der Waals surface area (Å²) < 4.78 is 0. The van der Waals surface area contributed by atoms with Crippen LogP contribution >= 0.6 is 0 Å². The Balaban J connectivity index is 0.000000210. The van der Waals surface area contributed by atoms with Crippen molar-refractivity contribution in [1.82, 2.24) is 4.98 Å². The van der Waals surface area contributed by atoms with Crippen LogP contribution in [0.3, 0.4) is 0 Å². The van der Waals surface area contributed by atoms with Gasteiger partial charge >= 0.3 is 0 Å². The van der Waals surface area contributed by atoms with Crippen molar-refractivity contribution in [3.8, 4) is 0 Å². The smallest absolute Gasteiger partial charge is 0.0373 e. The lowest BCUT2D eigenvalue weighted by Crippen LogP contribution is -1.94. The molecule has 0 aliphatic carbocycles. The molecule has 0 bridgehead atoms. The van der Waals surface area contributed by atoms with E-state index in [-0.39, 0.29) is 0 Å². The van der Waals surface area contributed by atoms with Crippen molar-refractivity contribution in [3.05, 3.63) is 106 Å². The Bertz CT molecular complexity index is 877. The van der Waals surface area contributed by atoms with Crippen LogP contribution in [0.4, 0.5) is 0 Å². The van der Waals surface area contributed by atoms with E-state index in [1.54, 1.807) is 6.20 Å². The summed E-state index contributed by atoms with van der Waals surface area (Å²) >= 11 is 0. The fourth-order valence-corrected chi connectivity index (χ4v) is 2.48. The summed E-state index contributed by atoms with van der Waals surface area (Å²) in [4.78, 5) is 4.06. The molecule has 1 heterocycles. The van der Waals surface area contributed by atoms with Gasteiger partial charge in [-0.1, -0.05) is 67.1 Å². The molecule has 28 heavy (non-hydrogen) atoms. The van der Waals surface area contributed by atoms with Crippen molar-refractivity contribution < 1.29 is 0 Å². The van der Waals surface area contributed by atoms with Gasteiger partial charge in [-0.05, 0) is 69.9 Å². The number of benzene rings is 2. The number of pyridine rings is 1. The third-order valence-electron chi connectivity index (χ3n) is 4.44. The minimum absolute atomic E-state index is 0.563. The molecule has 0 amide bonds. The van der Waals surface area contributed by atoms with Crippen LogP contribution in [0.5, 0.6) is 0 Å². The fourth-order valence-electron chi connectivity index (χ4n) is 2.48. The van der Waals surface area contributed by atoms with Crippen LogP contribution < -0.4 is 5.73 Å². The van der Waals surface area contributed by atoms with Crippen molar-refractivity contribution in [2.75, 3.05) is 0 Å². The predicted molar refractivity (Wildman–Crippen MR) is 123 cm³/mol. The van der Waals surface area contributed by atoms with Crippen LogP contribution in [0.15, 0.2) is 67.4 Å². The number of hydrogen-bond acceptors (Lipinski definition) is 2. The van der Waals surface area contributed by atoms with Gasteiger partial charge in [-0.3, -0.25) is 4.98 Å². The molecule has 3 aromatic rings. The highest BCUT2D eigenvalue weighted by molar-refractivity contribution is 5.58. The summed E-state index contributed by atoms with van der Waals surface area (Å²) in [6.07, 6.45) is 2.86. The van der Waals surface area contributed by atoms with Crippen LogP contribution in [0.25, 0.3) is 5.70 Å². The maximum absolute atomic E-state index is 5.43. The van der Waals surface area contributed by atoms with E-state index in [1.807, 2.05) is 19.1 Å². The number of aromatic nitrogens is 1. The highest BCUT2D eigenvalue weighted by atomic mass is 14.7. The normalized spacial score (nSPS) is 9.50. The first-order chi connectivity index (χ1) is 13.2. The van der Waals surface area contributed by atoms with Crippen LogP contribution in [0.1, 0.15) is 46.0 Å².